The van der Waals surface area contributed by atoms with E-state index >= 15 is 0 Å². The number of ether oxygens (including phenoxy) is 1. The molecule has 0 aromatic rings. The molecule has 0 aromatic heterocycles. The highest BCUT2D eigenvalue weighted by molar-refractivity contribution is 5.92. The molecule has 31 heavy (non-hydrogen) atoms. The normalized spacial score (nSPS) is 43.4. The summed E-state index contributed by atoms with van der Waals surface area (Å²) < 4.78 is 5.51. The van der Waals surface area contributed by atoms with Crippen LogP contribution in [0, 0.1) is 23.2 Å². The van der Waals surface area contributed by atoms with Gasteiger partial charge in [-0.1, -0.05) is 0 Å². The first-order valence-corrected chi connectivity index (χ1v) is 11.7. The van der Waals surface area contributed by atoms with Crippen molar-refractivity contribution in [3.8, 4) is 0 Å². The SMILES string of the molecule is CC(C)(C)OC(=O)N[C@H](C(=O)N1[C@H](C(N)=O)C[C@@H]2C[C@@H]21)C12C[C@@H]3C[C@H](CC(O)(C3)C1)C2. The Labute approximate surface area is 183 Å². The van der Waals surface area contributed by atoms with Crippen molar-refractivity contribution in [2.24, 2.45) is 28.9 Å². The highest BCUT2D eigenvalue weighted by atomic mass is 16.6. The van der Waals surface area contributed by atoms with E-state index in [-0.39, 0.29) is 11.9 Å². The highest BCUT2D eigenvalue weighted by Gasteiger charge is 2.64. The first-order valence-electron chi connectivity index (χ1n) is 11.7. The summed E-state index contributed by atoms with van der Waals surface area (Å²) in [6.07, 6.45) is 5.61. The third-order valence-corrected chi connectivity index (χ3v) is 8.28. The lowest BCUT2D eigenvalue weighted by Gasteiger charge is -2.62. The number of fused-ring (bicyclic) bond motifs is 1. The Morgan fingerprint density at radius 3 is 2.29 bits per heavy atom. The lowest BCUT2D eigenvalue weighted by molar-refractivity contribution is -0.181. The molecule has 1 heterocycles. The number of nitrogens with two attached hydrogens (primary N) is 1. The summed E-state index contributed by atoms with van der Waals surface area (Å²) >= 11 is 0. The van der Waals surface area contributed by atoms with Crippen LogP contribution in [0.5, 0.6) is 0 Å². The van der Waals surface area contributed by atoms with Gasteiger partial charge in [-0.2, -0.15) is 0 Å². The fourth-order valence-corrected chi connectivity index (χ4v) is 7.70. The number of aliphatic hydroxyl groups is 1. The van der Waals surface area contributed by atoms with Crippen molar-refractivity contribution in [3.05, 3.63) is 0 Å². The third kappa shape index (κ3) is 3.60. The number of hydrogen-bond donors (Lipinski definition) is 3. The predicted octanol–water partition coefficient (Wildman–Crippen LogP) is 1.69. The van der Waals surface area contributed by atoms with E-state index in [1.165, 1.54) is 0 Å². The van der Waals surface area contributed by atoms with E-state index in [0.29, 0.717) is 30.6 Å². The summed E-state index contributed by atoms with van der Waals surface area (Å²) in [6, 6.07) is -1.40. The Balaban J connectivity index is 1.47. The van der Waals surface area contributed by atoms with Crippen molar-refractivity contribution in [2.75, 3.05) is 0 Å². The van der Waals surface area contributed by atoms with Crippen LogP contribution in [-0.4, -0.2) is 57.2 Å². The molecule has 3 amide bonds. The quantitative estimate of drug-likeness (QED) is 0.623. The van der Waals surface area contributed by atoms with Crippen molar-refractivity contribution in [3.63, 3.8) is 0 Å². The maximum absolute atomic E-state index is 14.0. The first kappa shape index (κ1) is 21.0. The predicted molar refractivity (Wildman–Crippen MR) is 112 cm³/mol. The number of nitrogens with zero attached hydrogens (tertiary/aromatic N) is 1. The average molecular weight is 434 g/mol. The number of nitrogens with one attached hydrogen (secondary N) is 1. The van der Waals surface area contributed by atoms with Crippen LogP contribution in [-0.2, 0) is 14.3 Å². The maximum Gasteiger partial charge on any atom is 0.408 e. The van der Waals surface area contributed by atoms with Crippen LogP contribution in [0.4, 0.5) is 4.79 Å². The maximum atomic E-state index is 14.0. The smallest absolute Gasteiger partial charge is 0.408 e. The fraction of sp³-hybridized carbons (Fsp3) is 0.870. The second-order valence-corrected chi connectivity index (χ2v) is 12.1. The van der Waals surface area contributed by atoms with Gasteiger partial charge in [0.2, 0.25) is 11.8 Å². The first-order chi connectivity index (χ1) is 14.4. The van der Waals surface area contributed by atoms with Crippen molar-refractivity contribution in [1.82, 2.24) is 10.2 Å². The van der Waals surface area contributed by atoms with E-state index in [0.717, 1.165) is 38.5 Å². The molecule has 0 unspecified atom stereocenters. The largest absolute Gasteiger partial charge is 0.444 e. The summed E-state index contributed by atoms with van der Waals surface area (Å²) in [5.41, 5.74) is 3.66. The van der Waals surface area contributed by atoms with Crippen LogP contribution in [0.15, 0.2) is 0 Å². The van der Waals surface area contributed by atoms with Gasteiger partial charge in [-0.25, -0.2) is 4.79 Å². The Morgan fingerprint density at radius 2 is 1.74 bits per heavy atom. The summed E-state index contributed by atoms with van der Waals surface area (Å²) in [7, 11) is 0. The van der Waals surface area contributed by atoms with Gasteiger partial charge in [-0.15, -0.1) is 0 Å². The lowest BCUT2D eigenvalue weighted by atomic mass is 9.46. The molecule has 6 atom stereocenters. The molecule has 5 saturated carbocycles. The molecule has 8 heteroatoms. The molecule has 0 spiro atoms. The molecule has 6 aliphatic rings. The zero-order chi connectivity index (χ0) is 22.3. The van der Waals surface area contributed by atoms with Crippen LogP contribution < -0.4 is 11.1 Å². The van der Waals surface area contributed by atoms with Gasteiger partial charge in [0, 0.05) is 11.5 Å². The van der Waals surface area contributed by atoms with Crippen molar-refractivity contribution in [1.29, 1.82) is 0 Å². The molecule has 1 saturated heterocycles. The summed E-state index contributed by atoms with van der Waals surface area (Å²) in [6.45, 7) is 5.36. The third-order valence-electron chi connectivity index (χ3n) is 8.28. The van der Waals surface area contributed by atoms with Crippen LogP contribution in [0.1, 0.15) is 72.1 Å². The molecule has 6 rings (SSSR count). The molecule has 172 valence electrons. The van der Waals surface area contributed by atoms with Gasteiger partial charge in [0.05, 0.1) is 5.60 Å². The number of likely N-dealkylation sites (tertiary alicyclic amines) is 1. The number of rotatable bonds is 4. The number of primary amides is 1. The molecule has 8 nitrogen and oxygen atoms in total. The molecule has 1 aliphatic heterocycles. The molecule has 6 fully saturated rings. The Morgan fingerprint density at radius 1 is 1.10 bits per heavy atom. The standard InChI is InChI=1S/C23H35N3O5/c1-21(2,3)31-20(29)25-17(19(28)26-15-5-14(15)6-16(26)18(24)27)22-7-12-4-13(8-22)10-23(30,9-12)11-22/h12-17,30H,4-11H2,1-3H3,(H2,24,27)(H,25,29)/t12-,13-,14-,15-,16-,17+,22?,23?/m0/s1. The van der Waals surface area contributed by atoms with Crippen LogP contribution in [0.2, 0.25) is 0 Å². The molecule has 0 aromatic carbocycles. The Hall–Kier alpha value is -1.83. The van der Waals surface area contributed by atoms with Gasteiger partial charge < -0.3 is 25.8 Å². The van der Waals surface area contributed by atoms with E-state index in [4.69, 9.17) is 10.5 Å². The minimum absolute atomic E-state index is 0.0323. The van der Waals surface area contributed by atoms with Gasteiger partial charge in [0.1, 0.15) is 17.7 Å². The molecular formula is C23H35N3O5. The van der Waals surface area contributed by atoms with Crippen LogP contribution in [0.25, 0.3) is 0 Å². The van der Waals surface area contributed by atoms with Gasteiger partial charge in [-0.05, 0) is 89.9 Å². The van der Waals surface area contributed by atoms with Crippen molar-refractivity contribution in [2.45, 2.75) is 101 Å². The van der Waals surface area contributed by atoms with Crippen molar-refractivity contribution < 1.29 is 24.2 Å². The second-order valence-electron chi connectivity index (χ2n) is 12.1. The van der Waals surface area contributed by atoms with E-state index in [9.17, 15) is 19.5 Å². The van der Waals surface area contributed by atoms with Gasteiger partial charge in [0.15, 0.2) is 0 Å². The van der Waals surface area contributed by atoms with E-state index in [1.54, 1.807) is 25.7 Å². The van der Waals surface area contributed by atoms with Crippen LogP contribution in [0.3, 0.4) is 0 Å². The Kier molecular flexibility index (Phi) is 4.47. The minimum atomic E-state index is -0.819. The zero-order valence-corrected chi connectivity index (χ0v) is 18.7. The number of carbonyl (C=O) groups is 3. The number of piperidine rings is 1. The molecule has 4 bridgehead atoms. The minimum Gasteiger partial charge on any atom is -0.444 e. The second kappa shape index (κ2) is 6.59. The van der Waals surface area contributed by atoms with Gasteiger partial charge in [-0.3, -0.25) is 9.59 Å². The summed E-state index contributed by atoms with van der Waals surface area (Å²) in [5.74, 6) is 0.331. The van der Waals surface area contributed by atoms with E-state index in [2.05, 4.69) is 5.32 Å². The summed E-state index contributed by atoms with van der Waals surface area (Å²) in [5, 5.41) is 14.1. The number of alkyl carbamates (subject to hydrolysis) is 1. The molecule has 5 aliphatic carbocycles. The van der Waals surface area contributed by atoms with Gasteiger partial charge >= 0.3 is 6.09 Å². The Bertz CT molecular complexity index is 807. The topological polar surface area (TPSA) is 122 Å². The van der Waals surface area contributed by atoms with Crippen LogP contribution >= 0.6 is 0 Å². The molecular weight excluding hydrogens is 398 g/mol. The average Bonchev–Trinajstić information content (AvgIpc) is 3.25. The number of hydrogen-bond acceptors (Lipinski definition) is 5. The lowest BCUT2D eigenvalue weighted by Crippen LogP contribution is -2.67. The van der Waals surface area contributed by atoms with E-state index < -0.39 is 40.7 Å². The monoisotopic (exact) mass is 433 g/mol. The molecule has 4 N–H and O–H groups in total. The molecule has 0 radical (unpaired) electrons. The number of amides is 3. The highest BCUT2D eigenvalue weighted by Crippen LogP contribution is 2.63. The van der Waals surface area contributed by atoms with Gasteiger partial charge in [0.25, 0.3) is 0 Å². The number of carbonyl (C=O) groups excluding carboxylic acids is 3. The summed E-state index contributed by atoms with van der Waals surface area (Å²) in [4.78, 5) is 40.5. The van der Waals surface area contributed by atoms with E-state index in [1.807, 2.05) is 0 Å². The van der Waals surface area contributed by atoms with Crippen molar-refractivity contribution >= 4 is 17.9 Å². The zero-order valence-electron chi connectivity index (χ0n) is 18.7. The fourth-order valence-electron chi connectivity index (χ4n) is 7.70.